The van der Waals surface area contributed by atoms with Crippen molar-refractivity contribution >= 4 is 0 Å². The van der Waals surface area contributed by atoms with Gasteiger partial charge in [0.2, 0.25) is 0 Å². The minimum Gasteiger partial charge on any atom is -0.310 e. The van der Waals surface area contributed by atoms with Crippen molar-refractivity contribution in [3.63, 3.8) is 0 Å². The SMILES string of the molecule is CCC(CC)C(C)NCc1cccc(C)c1C. The zero-order chi connectivity index (χ0) is 12.8. The van der Waals surface area contributed by atoms with E-state index in [9.17, 15) is 0 Å². The molecule has 0 amide bonds. The Kier molecular flexibility index (Phi) is 5.70. The number of hydrogen-bond donors (Lipinski definition) is 1. The fourth-order valence-corrected chi connectivity index (χ4v) is 2.44. The van der Waals surface area contributed by atoms with Gasteiger partial charge in [-0.3, -0.25) is 0 Å². The molecule has 1 rings (SSSR count). The summed E-state index contributed by atoms with van der Waals surface area (Å²) in [4.78, 5) is 0. The lowest BCUT2D eigenvalue weighted by atomic mass is 9.95. The quantitative estimate of drug-likeness (QED) is 0.776. The van der Waals surface area contributed by atoms with Crippen molar-refractivity contribution in [2.24, 2.45) is 5.92 Å². The maximum atomic E-state index is 3.67. The van der Waals surface area contributed by atoms with Crippen LogP contribution in [0.1, 0.15) is 50.3 Å². The van der Waals surface area contributed by atoms with Crippen LogP contribution in [0.5, 0.6) is 0 Å². The van der Waals surface area contributed by atoms with Gasteiger partial charge in [-0.1, -0.05) is 44.9 Å². The van der Waals surface area contributed by atoms with E-state index in [1.165, 1.54) is 29.5 Å². The van der Waals surface area contributed by atoms with Gasteiger partial charge < -0.3 is 5.32 Å². The van der Waals surface area contributed by atoms with Crippen molar-refractivity contribution in [1.82, 2.24) is 5.32 Å². The molecule has 1 aromatic carbocycles. The Balaban J connectivity index is 2.58. The highest BCUT2D eigenvalue weighted by Gasteiger charge is 2.12. The summed E-state index contributed by atoms with van der Waals surface area (Å²) in [5.41, 5.74) is 4.25. The van der Waals surface area contributed by atoms with E-state index in [-0.39, 0.29) is 0 Å². The van der Waals surface area contributed by atoms with Gasteiger partial charge in [-0.15, -0.1) is 0 Å². The van der Waals surface area contributed by atoms with Crippen molar-refractivity contribution in [2.75, 3.05) is 0 Å². The molecule has 1 heteroatoms. The minimum absolute atomic E-state index is 0.602. The Bertz CT molecular complexity index is 339. The normalized spacial score (nSPS) is 13.1. The first-order valence-corrected chi connectivity index (χ1v) is 6.88. The second-order valence-electron chi connectivity index (χ2n) is 5.11. The maximum Gasteiger partial charge on any atom is 0.0210 e. The van der Waals surface area contributed by atoms with E-state index in [2.05, 4.69) is 58.1 Å². The predicted octanol–water partition coefficient (Wildman–Crippen LogP) is 4.22. The smallest absolute Gasteiger partial charge is 0.0210 e. The van der Waals surface area contributed by atoms with Crippen molar-refractivity contribution in [3.05, 3.63) is 34.9 Å². The van der Waals surface area contributed by atoms with Crippen LogP contribution in [-0.2, 0) is 6.54 Å². The van der Waals surface area contributed by atoms with Gasteiger partial charge in [0.1, 0.15) is 0 Å². The average molecular weight is 233 g/mol. The molecule has 1 nitrogen and oxygen atoms in total. The lowest BCUT2D eigenvalue weighted by Crippen LogP contribution is -2.32. The summed E-state index contributed by atoms with van der Waals surface area (Å²) in [5, 5.41) is 3.67. The van der Waals surface area contributed by atoms with Gasteiger partial charge in [0.05, 0.1) is 0 Å². The first-order chi connectivity index (χ1) is 8.10. The molecule has 0 bridgehead atoms. The van der Waals surface area contributed by atoms with E-state index < -0.39 is 0 Å². The summed E-state index contributed by atoms with van der Waals surface area (Å²) in [5.74, 6) is 0.792. The highest BCUT2D eigenvalue weighted by atomic mass is 14.9. The topological polar surface area (TPSA) is 12.0 Å². The molecule has 1 aromatic rings. The van der Waals surface area contributed by atoms with Gasteiger partial charge in [0, 0.05) is 12.6 Å². The Morgan fingerprint density at radius 2 is 1.76 bits per heavy atom. The number of benzene rings is 1. The monoisotopic (exact) mass is 233 g/mol. The highest BCUT2D eigenvalue weighted by molar-refractivity contribution is 5.32. The third kappa shape index (κ3) is 3.85. The van der Waals surface area contributed by atoms with Crippen LogP contribution in [0.4, 0.5) is 0 Å². The lowest BCUT2D eigenvalue weighted by molar-refractivity contribution is 0.353. The first-order valence-electron chi connectivity index (χ1n) is 6.88. The molecule has 0 aliphatic carbocycles. The van der Waals surface area contributed by atoms with Crippen molar-refractivity contribution in [3.8, 4) is 0 Å². The fourth-order valence-electron chi connectivity index (χ4n) is 2.44. The van der Waals surface area contributed by atoms with Crippen molar-refractivity contribution < 1.29 is 0 Å². The van der Waals surface area contributed by atoms with Crippen molar-refractivity contribution in [1.29, 1.82) is 0 Å². The highest BCUT2D eigenvalue weighted by Crippen LogP contribution is 2.15. The molecule has 0 aliphatic heterocycles. The summed E-state index contributed by atoms with van der Waals surface area (Å²) in [6.07, 6.45) is 2.52. The van der Waals surface area contributed by atoms with E-state index in [0.717, 1.165) is 12.5 Å². The van der Waals surface area contributed by atoms with Crippen LogP contribution in [0.3, 0.4) is 0 Å². The van der Waals surface area contributed by atoms with Crippen LogP contribution in [0, 0.1) is 19.8 Å². The molecule has 0 saturated carbocycles. The standard InChI is InChI=1S/C16H27N/c1-6-15(7-2)14(5)17-11-16-10-8-9-12(3)13(16)4/h8-10,14-15,17H,6-7,11H2,1-5H3. The van der Waals surface area contributed by atoms with Crippen LogP contribution in [0.15, 0.2) is 18.2 Å². The summed E-state index contributed by atoms with van der Waals surface area (Å²) in [6, 6.07) is 7.17. The molecular formula is C16H27N. The van der Waals surface area contributed by atoms with Gasteiger partial charge >= 0.3 is 0 Å². The zero-order valence-corrected chi connectivity index (χ0v) is 12.0. The van der Waals surface area contributed by atoms with Crippen LogP contribution in [0.25, 0.3) is 0 Å². The molecule has 0 radical (unpaired) electrons. The van der Waals surface area contributed by atoms with Gasteiger partial charge in [0.25, 0.3) is 0 Å². The Hall–Kier alpha value is -0.820. The molecule has 96 valence electrons. The van der Waals surface area contributed by atoms with Gasteiger partial charge in [0.15, 0.2) is 0 Å². The maximum absolute atomic E-state index is 3.67. The Labute approximate surface area is 107 Å². The second kappa shape index (κ2) is 6.80. The summed E-state index contributed by atoms with van der Waals surface area (Å²) in [7, 11) is 0. The molecule has 0 spiro atoms. The molecule has 1 N–H and O–H groups in total. The third-order valence-electron chi connectivity index (χ3n) is 4.09. The van der Waals surface area contributed by atoms with E-state index in [0.29, 0.717) is 6.04 Å². The van der Waals surface area contributed by atoms with Gasteiger partial charge in [-0.05, 0) is 43.4 Å². The molecule has 0 aromatic heterocycles. The molecule has 17 heavy (non-hydrogen) atoms. The molecule has 0 heterocycles. The summed E-state index contributed by atoms with van der Waals surface area (Å²) >= 11 is 0. The number of hydrogen-bond acceptors (Lipinski definition) is 1. The number of rotatable bonds is 6. The van der Waals surface area contributed by atoms with Crippen molar-refractivity contribution in [2.45, 2.75) is 60.0 Å². The summed E-state index contributed by atoms with van der Waals surface area (Å²) in [6.45, 7) is 12.3. The van der Waals surface area contributed by atoms with Gasteiger partial charge in [-0.2, -0.15) is 0 Å². The van der Waals surface area contributed by atoms with E-state index in [1.807, 2.05) is 0 Å². The summed E-state index contributed by atoms with van der Waals surface area (Å²) < 4.78 is 0. The van der Waals surface area contributed by atoms with E-state index in [4.69, 9.17) is 0 Å². The molecule has 0 saturated heterocycles. The molecular weight excluding hydrogens is 206 g/mol. The zero-order valence-electron chi connectivity index (χ0n) is 12.0. The van der Waals surface area contributed by atoms with E-state index in [1.54, 1.807) is 0 Å². The minimum atomic E-state index is 0.602. The number of aryl methyl sites for hydroxylation is 1. The molecule has 0 fully saturated rings. The number of nitrogens with one attached hydrogen (secondary N) is 1. The van der Waals surface area contributed by atoms with Crippen LogP contribution in [0.2, 0.25) is 0 Å². The van der Waals surface area contributed by atoms with Crippen LogP contribution >= 0.6 is 0 Å². The van der Waals surface area contributed by atoms with Crippen LogP contribution < -0.4 is 5.32 Å². The fraction of sp³-hybridized carbons (Fsp3) is 0.625. The lowest BCUT2D eigenvalue weighted by Gasteiger charge is -2.23. The van der Waals surface area contributed by atoms with Crippen LogP contribution in [-0.4, -0.2) is 6.04 Å². The largest absolute Gasteiger partial charge is 0.310 e. The Morgan fingerprint density at radius 3 is 2.35 bits per heavy atom. The molecule has 1 atom stereocenters. The van der Waals surface area contributed by atoms with Gasteiger partial charge in [-0.25, -0.2) is 0 Å². The second-order valence-corrected chi connectivity index (χ2v) is 5.11. The molecule has 0 aliphatic rings. The average Bonchev–Trinajstić information content (AvgIpc) is 2.32. The molecule has 1 unspecified atom stereocenters. The predicted molar refractivity (Wildman–Crippen MR) is 76.3 cm³/mol. The van der Waals surface area contributed by atoms with E-state index >= 15 is 0 Å². The first kappa shape index (κ1) is 14.2. The third-order valence-corrected chi connectivity index (χ3v) is 4.09. The Morgan fingerprint density at radius 1 is 1.12 bits per heavy atom.